The zero-order valence-electron chi connectivity index (χ0n) is 27.9. The average Bonchev–Trinajstić information content (AvgIpc) is 3.06. The van der Waals surface area contributed by atoms with Crippen molar-refractivity contribution in [1.82, 2.24) is 20.7 Å². The summed E-state index contributed by atoms with van der Waals surface area (Å²) in [7, 11) is 1.59. The van der Waals surface area contributed by atoms with Crippen LogP contribution in [0.5, 0.6) is 0 Å². The summed E-state index contributed by atoms with van der Waals surface area (Å²) in [6.45, 7) is 16.0. The maximum atomic E-state index is 13.8. The second-order valence-corrected chi connectivity index (χ2v) is 12.9. The normalized spacial score (nSPS) is 21.4. The van der Waals surface area contributed by atoms with Crippen LogP contribution >= 0.6 is 0 Å². The largest absolute Gasteiger partial charge is 0.381 e. The summed E-state index contributed by atoms with van der Waals surface area (Å²) in [5.74, 6) is -1.71. The van der Waals surface area contributed by atoms with E-state index in [1.54, 1.807) is 20.1 Å². The SMILES string of the molecule is C=CCCC(OC)C(C)C(=O)CC(C(=O)NC(C)C(=O)N1CCCC(C(=O)N2CCCC[C@H]2c2cccc(C=C)c2)N1)C(C)C. The molecule has 0 spiro atoms. The lowest BCUT2D eigenvalue weighted by molar-refractivity contribution is -0.147. The van der Waals surface area contributed by atoms with E-state index in [0.29, 0.717) is 32.4 Å². The van der Waals surface area contributed by atoms with Gasteiger partial charge in [0.1, 0.15) is 17.9 Å². The van der Waals surface area contributed by atoms with Crippen LogP contribution < -0.4 is 10.7 Å². The standard InChI is InChI=1S/C36H54N4O5/c1-8-10-19-33(45-7)25(5)32(41)23-29(24(3)4)34(42)37-26(6)35(43)40-21-14-17-30(38-40)36(44)39-20-12-11-18-31(39)28-16-13-15-27(9-2)22-28/h8-9,13,15-16,22,24-26,29-31,33,38H,1-2,10-12,14,17-21,23H2,3-7H3,(H,37,42)/t25?,26?,29?,30?,31-,33?/m0/s1. The van der Waals surface area contributed by atoms with Crippen molar-refractivity contribution in [3.63, 3.8) is 0 Å². The number of methoxy groups -OCH3 is 1. The summed E-state index contributed by atoms with van der Waals surface area (Å²) in [6, 6.07) is 6.80. The van der Waals surface area contributed by atoms with Crippen molar-refractivity contribution < 1.29 is 23.9 Å². The minimum absolute atomic E-state index is 0.00662. The third-order valence-electron chi connectivity index (χ3n) is 9.38. The molecule has 0 saturated carbocycles. The third-order valence-corrected chi connectivity index (χ3v) is 9.38. The number of amides is 3. The highest BCUT2D eigenvalue weighted by molar-refractivity contribution is 5.92. The molecule has 1 aromatic carbocycles. The van der Waals surface area contributed by atoms with Crippen molar-refractivity contribution in [3.05, 3.63) is 54.6 Å². The van der Waals surface area contributed by atoms with Crippen LogP contribution in [0.3, 0.4) is 0 Å². The van der Waals surface area contributed by atoms with Crippen LogP contribution in [0.15, 0.2) is 43.5 Å². The molecule has 0 bridgehead atoms. The maximum absolute atomic E-state index is 13.8. The first-order valence-corrected chi connectivity index (χ1v) is 16.6. The summed E-state index contributed by atoms with van der Waals surface area (Å²) in [4.78, 5) is 55.9. The maximum Gasteiger partial charge on any atom is 0.258 e. The van der Waals surface area contributed by atoms with Gasteiger partial charge >= 0.3 is 0 Å². The van der Waals surface area contributed by atoms with Crippen molar-refractivity contribution in [2.45, 2.75) is 103 Å². The van der Waals surface area contributed by atoms with Gasteiger partial charge < -0.3 is 15.0 Å². The van der Waals surface area contributed by atoms with Gasteiger partial charge in [0, 0.05) is 38.5 Å². The van der Waals surface area contributed by atoms with Crippen molar-refractivity contribution in [1.29, 1.82) is 0 Å². The Morgan fingerprint density at radius 3 is 2.49 bits per heavy atom. The van der Waals surface area contributed by atoms with Gasteiger partial charge in [-0.1, -0.05) is 57.7 Å². The van der Waals surface area contributed by atoms with Crippen molar-refractivity contribution in [2.24, 2.45) is 17.8 Å². The lowest BCUT2D eigenvalue weighted by Gasteiger charge is -2.41. The number of carbonyl (C=O) groups is 4. The Bertz CT molecular complexity index is 1200. The highest BCUT2D eigenvalue weighted by Gasteiger charge is 2.37. The predicted octanol–water partition coefficient (Wildman–Crippen LogP) is 5.23. The Kier molecular flexibility index (Phi) is 14.0. The Balaban J connectivity index is 1.62. The highest BCUT2D eigenvalue weighted by Crippen LogP contribution is 2.33. The molecule has 1 aromatic rings. The van der Waals surface area contributed by atoms with E-state index in [2.05, 4.69) is 36.0 Å². The number of ether oxygens (including phenoxy) is 1. The smallest absolute Gasteiger partial charge is 0.258 e. The number of piperidine rings is 1. The fraction of sp³-hybridized carbons (Fsp3) is 0.611. The minimum Gasteiger partial charge on any atom is -0.381 e. The molecule has 2 aliphatic rings. The van der Waals surface area contributed by atoms with Gasteiger partial charge in [-0.15, -0.1) is 6.58 Å². The minimum atomic E-state index is -0.823. The summed E-state index contributed by atoms with van der Waals surface area (Å²) in [5.41, 5.74) is 5.31. The number of nitrogens with zero attached hydrogens (tertiary/aromatic N) is 2. The van der Waals surface area contributed by atoms with Crippen LogP contribution in [0.1, 0.15) is 96.2 Å². The number of nitrogens with one attached hydrogen (secondary N) is 2. The van der Waals surface area contributed by atoms with Crippen LogP contribution in [0, 0.1) is 17.8 Å². The number of hydrazine groups is 1. The Labute approximate surface area is 269 Å². The molecule has 2 saturated heterocycles. The predicted molar refractivity (Wildman–Crippen MR) is 178 cm³/mol. The third kappa shape index (κ3) is 9.60. The molecule has 2 aliphatic heterocycles. The summed E-state index contributed by atoms with van der Waals surface area (Å²) in [5, 5.41) is 4.34. The zero-order chi connectivity index (χ0) is 33.1. The molecule has 2 N–H and O–H groups in total. The molecule has 45 heavy (non-hydrogen) atoms. The van der Waals surface area contributed by atoms with Crippen molar-refractivity contribution in [3.8, 4) is 0 Å². The molecule has 5 unspecified atom stereocenters. The second kappa shape index (κ2) is 17.4. The van der Waals surface area contributed by atoms with Gasteiger partial charge in [-0.3, -0.25) is 24.2 Å². The van der Waals surface area contributed by atoms with E-state index in [4.69, 9.17) is 4.74 Å². The number of allylic oxidation sites excluding steroid dienone is 1. The fourth-order valence-electron chi connectivity index (χ4n) is 6.47. The molecule has 3 amide bonds. The molecule has 0 aliphatic carbocycles. The van der Waals surface area contributed by atoms with Gasteiger partial charge in [-0.05, 0) is 75.0 Å². The van der Waals surface area contributed by atoms with Crippen LogP contribution in [-0.4, -0.2) is 71.8 Å². The van der Waals surface area contributed by atoms with Gasteiger partial charge in [0.2, 0.25) is 11.8 Å². The number of benzene rings is 1. The molecule has 0 radical (unpaired) electrons. The molecule has 2 fully saturated rings. The van der Waals surface area contributed by atoms with E-state index < -0.39 is 18.0 Å². The summed E-state index contributed by atoms with van der Waals surface area (Å²) < 4.78 is 5.55. The Hall–Kier alpha value is -3.30. The number of ketones is 1. The first-order chi connectivity index (χ1) is 21.5. The van der Waals surface area contributed by atoms with E-state index in [1.807, 2.05) is 43.9 Å². The Morgan fingerprint density at radius 1 is 1.07 bits per heavy atom. The second-order valence-electron chi connectivity index (χ2n) is 12.9. The molecule has 2 heterocycles. The topological polar surface area (TPSA) is 108 Å². The van der Waals surface area contributed by atoms with E-state index in [1.165, 1.54) is 5.01 Å². The summed E-state index contributed by atoms with van der Waals surface area (Å²) in [6.07, 6.45) is 9.06. The van der Waals surface area contributed by atoms with Crippen LogP contribution in [0.4, 0.5) is 0 Å². The van der Waals surface area contributed by atoms with Gasteiger partial charge in [-0.2, -0.15) is 0 Å². The molecule has 248 valence electrons. The van der Waals surface area contributed by atoms with Crippen molar-refractivity contribution >= 4 is 29.6 Å². The first-order valence-electron chi connectivity index (χ1n) is 16.6. The van der Waals surface area contributed by atoms with Crippen LogP contribution in [0.2, 0.25) is 0 Å². The van der Waals surface area contributed by atoms with E-state index >= 15 is 0 Å². The molecule has 0 aromatic heterocycles. The molecule has 9 heteroatoms. The molecule has 3 rings (SSSR count). The molecule has 9 nitrogen and oxygen atoms in total. The van der Waals surface area contributed by atoms with E-state index in [-0.39, 0.29) is 53.9 Å². The fourth-order valence-corrected chi connectivity index (χ4v) is 6.47. The van der Waals surface area contributed by atoms with Crippen molar-refractivity contribution in [2.75, 3.05) is 20.2 Å². The molecule has 6 atom stereocenters. The summed E-state index contributed by atoms with van der Waals surface area (Å²) >= 11 is 0. The molecular formula is C36H54N4O5. The zero-order valence-corrected chi connectivity index (χ0v) is 27.9. The van der Waals surface area contributed by atoms with E-state index in [9.17, 15) is 19.2 Å². The van der Waals surface area contributed by atoms with E-state index in [0.717, 1.165) is 36.8 Å². The lowest BCUT2D eigenvalue weighted by atomic mass is 9.84. The quantitative estimate of drug-likeness (QED) is 0.260. The number of hydrogen-bond donors (Lipinski definition) is 2. The Morgan fingerprint density at radius 2 is 1.82 bits per heavy atom. The highest BCUT2D eigenvalue weighted by atomic mass is 16.5. The average molecular weight is 623 g/mol. The van der Waals surface area contributed by atoms with Gasteiger partial charge in [0.15, 0.2) is 0 Å². The molecular weight excluding hydrogens is 568 g/mol. The van der Waals surface area contributed by atoms with Crippen LogP contribution in [0.25, 0.3) is 6.08 Å². The number of likely N-dealkylation sites (tertiary alicyclic amines) is 1. The van der Waals surface area contributed by atoms with Crippen LogP contribution in [-0.2, 0) is 23.9 Å². The number of Topliss-reactive ketones (excluding diaryl/α,β-unsaturated/α-hetero) is 1. The van der Waals surface area contributed by atoms with Gasteiger partial charge in [0.05, 0.1) is 12.1 Å². The van der Waals surface area contributed by atoms with Gasteiger partial charge in [0.25, 0.3) is 5.91 Å². The number of hydrogen-bond acceptors (Lipinski definition) is 6. The van der Waals surface area contributed by atoms with Gasteiger partial charge in [-0.25, -0.2) is 5.43 Å². The number of carbonyl (C=O) groups excluding carboxylic acids is 4. The first kappa shape index (κ1) is 36.2. The monoisotopic (exact) mass is 622 g/mol. The lowest BCUT2D eigenvalue weighted by Crippen LogP contribution is -2.61. The number of rotatable bonds is 15.